The van der Waals surface area contributed by atoms with Crippen molar-refractivity contribution in [1.82, 2.24) is 0 Å². The lowest BCUT2D eigenvalue weighted by molar-refractivity contribution is 0.208. The number of hydrogen-bond donors (Lipinski definition) is 0. The highest BCUT2D eigenvalue weighted by molar-refractivity contribution is 7.86. The molecular formula is C26H56O6S2Si2. The maximum Gasteiger partial charge on any atom is 0.264 e. The Morgan fingerprint density at radius 2 is 0.944 bits per heavy atom. The van der Waals surface area contributed by atoms with Crippen LogP contribution in [0.2, 0.25) is 49.4 Å². The van der Waals surface area contributed by atoms with Gasteiger partial charge in [0.1, 0.15) is 0 Å². The molecule has 0 amide bonds. The van der Waals surface area contributed by atoms with Gasteiger partial charge in [-0.3, -0.25) is 8.37 Å². The molecule has 0 spiro atoms. The molecular weight excluding hydrogens is 529 g/mol. The molecule has 0 N–H and O–H groups in total. The largest absolute Gasteiger partial charge is 0.264 e. The summed E-state index contributed by atoms with van der Waals surface area (Å²) in [5, 5.41) is 0. The van der Waals surface area contributed by atoms with E-state index < -0.39 is 47.6 Å². The molecule has 2 fully saturated rings. The van der Waals surface area contributed by atoms with Crippen LogP contribution in [0.1, 0.15) is 91.9 Å². The molecule has 4 unspecified atom stereocenters. The van der Waals surface area contributed by atoms with Gasteiger partial charge in [-0.15, -0.1) is 0 Å². The Bertz CT molecular complexity index is 829. The lowest BCUT2D eigenvalue weighted by Crippen LogP contribution is -2.31. The number of hydrogen-bond acceptors (Lipinski definition) is 6. The van der Waals surface area contributed by atoms with Crippen molar-refractivity contribution in [2.75, 3.05) is 12.5 Å². The summed E-state index contributed by atoms with van der Waals surface area (Å²) in [4.78, 5) is 0. The molecule has 10 heteroatoms. The van der Waals surface area contributed by atoms with E-state index in [1.54, 1.807) is 0 Å². The molecule has 2 rings (SSSR count). The molecule has 216 valence electrons. The van der Waals surface area contributed by atoms with Gasteiger partial charge in [0.25, 0.3) is 20.2 Å². The summed E-state index contributed by atoms with van der Waals surface area (Å²) in [6.45, 7) is 17.9. The molecule has 0 heterocycles. The smallest absolute Gasteiger partial charge is 0.264 e. The average molecular weight is 585 g/mol. The fourth-order valence-electron chi connectivity index (χ4n) is 6.14. The van der Waals surface area contributed by atoms with E-state index in [1.165, 1.54) is 63.5 Å². The zero-order valence-corrected chi connectivity index (χ0v) is 28.5. The van der Waals surface area contributed by atoms with Crippen molar-refractivity contribution >= 4 is 36.4 Å². The van der Waals surface area contributed by atoms with Gasteiger partial charge in [0.2, 0.25) is 0 Å². The zero-order valence-electron chi connectivity index (χ0n) is 24.9. The molecule has 6 nitrogen and oxygen atoms in total. The molecule has 2 aliphatic carbocycles. The quantitative estimate of drug-likeness (QED) is 0.106. The lowest BCUT2D eigenvalue weighted by atomic mass is 10.2. The van der Waals surface area contributed by atoms with E-state index in [0.29, 0.717) is 11.1 Å². The van der Waals surface area contributed by atoms with Crippen molar-refractivity contribution < 1.29 is 25.2 Å². The molecule has 0 aromatic rings. The second-order valence-electron chi connectivity index (χ2n) is 13.3. The fraction of sp³-hybridized carbons (Fsp3) is 1.00. The van der Waals surface area contributed by atoms with Gasteiger partial charge in [-0.05, 0) is 37.8 Å². The van der Waals surface area contributed by atoms with Crippen LogP contribution in [-0.2, 0) is 28.6 Å². The van der Waals surface area contributed by atoms with Crippen LogP contribution >= 0.6 is 0 Å². The highest BCUT2D eigenvalue weighted by atomic mass is 32.2. The highest BCUT2D eigenvalue weighted by Crippen LogP contribution is 2.60. The summed E-state index contributed by atoms with van der Waals surface area (Å²) in [7, 11) is -9.33. The van der Waals surface area contributed by atoms with Crippen molar-refractivity contribution in [3.8, 4) is 0 Å². The van der Waals surface area contributed by atoms with Crippen LogP contribution in [-0.4, -0.2) is 56.7 Å². The second kappa shape index (κ2) is 13.1. The van der Waals surface area contributed by atoms with Crippen LogP contribution in [0.4, 0.5) is 0 Å². The standard InChI is InChI=1S/2C13H28O3SSi/c2*1-6-7-8-9-10-18(4,5)12-11-13(12,2)16-17(3,14)15/h2*12H,6-11H2,1-5H3. The maximum absolute atomic E-state index is 11.3. The summed E-state index contributed by atoms with van der Waals surface area (Å²) in [6, 6.07) is 2.58. The van der Waals surface area contributed by atoms with E-state index in [9.17, 15) is 16.8 Å². The second-order valence-corrected chi connectivity index (χ2v) is 26.8. The predicted octanol–water partition coefficient (Wildman–Crippen LogP) is 7.57. The van der Waals surface area contributed by atoms with Crippen LogP contribution in [0.25, 0.3) is 0 Å². The van der Waals surface area contributed by atoms with Gasteiger partial charge < -0.3 is 0 Å². The Hall–Kier alpha value is 0.254. The van der Waals surface area contributed by atoms with Crippen molar-refractivity contribution in [1.29, 1.82) is 0 Å². The monoisotopic (exact) mass is 584 g/mol. The number of rotatable bonds is 16. The van der Waals surface area contributed by atoms with E-state index in [0.717, 1.165) is 25.4 Å². The minimum Gasteiger partial charge on any atom is -0.264 e. The molecule has 2 aliphatic rings. The van der Waals surface area contributed by atoms with Crippen LogP contribution in [0, 0.1) is 0 Å². The first-order valence-corrected chi connectivity index (χ1v) is 24.2. The average Bonchev–Trinajstić information content (AvgIpc) is 3.55. The minimum atomic E-state index is -3.32. The summed E-state index contributed by atoms with van der Waals surface area (Å²) < 4.78 is 55.5. The third-order valence-electron chi connectivity index (χ3n) is 8.29. The predicted molar refractivity (Wildman–Crippen MR) is 158 cm³/mol. The Labute approximate surface area is 226 Å². The molecule has 2 saturated carbocycles. The van der Waals surface area contributed by atoms with E-state index in [2.05, 4.69) is 40.0 Å². The van der Waals surface area contributed by atoms with E-state index >= 15 is 0 Å². The normalized spacial score (nSPS) is 28.4. The Morgan fingerprint density at radius 1 is 0.639 bits per heavy atom. The first kappa shape index (κ1) is 34.3. The first-order chi connectivity index (χ1) is 16.2. The highest BCUT2D eigenvalue weighted by Gasteiger charge is 2.61. The summed E-state index contributed by atoms with van der Waals surface area (Å²) in [6.07, 6.45) is 14.5. The van der Waals surface area contributed by atoms with Gasteiger partial charge >= 0.3 is 0 Å². The molecule has 36 heavy (non-hydrogen) atoms. The molecule has 0 bridgehead atoms. The van der Waals surface area contributed by atoms with Crippen LogP contribution in [0.3, 0.4) is 0 Å². The molecule has 0 aliphatic heterocycles. The van der Waals surface area contributed by atoms with Gasteiger partial charge in [0.15, 0.2) is 0 Å². The fourth-order valence-corrected chi connectivity index (χ4v) is 16.4. The first-order valence-electron chi connectivity index (χ1n) is 14.0. The topological polar surface area (TPSA) is 86.7 Å². The molecule has 0 saturated heterocycles. The van der Waals surface area contributed by atoms with Gasteiger partial charge in [-0.2, -0.15) is 16.8 Å². The molecule has 0 aromatic heterocycles. The third kappa shape index (κ3) is 12.0. The van der Waals surface area contributed by atoms with Crippen molar-refractivity contribution in [2.24, 2.45) is 0 Å². The molecule has 4 atom stereocenters. The van der Waals surface area contributed by atoms with E-state index in [4.69, 9.17) is 8.37 Å². The van der Waals surface area contributed by atoms with E-state index in [1.807, 2.05) is 13.8 Å². The van der Waals surface area contributed by atoms with Crippen molar-refractivity contribution in [3.05, 3.63) is 0 Å². The Kier molecular flexibility index (Phi) is 12.4. The maximum atomic E-state index is 11.3. The van der Waals surface area contributed by atoms with Crippen LogP contribution in [0.5, 0.6) is 0 Å². The Balaban J connectivity index is 0.000000360. The molecule has 0 radical (unpaired) electrons. The minimum absolute atomic E-state index is 0.395. The number of unbranched alkanes of at least 4 members (excludes halogenated alkanes) is 6. The van der Waals surface area contributed by atoms with Crippen LogP contribution < -0.4 is 0 Å². The summed E-state index contributed by atoms with van der Waals surface area (Å²) >= 11 is 0. The van der Waals surface area contributed by atoms with Crippen LogP contribution in [0.15, 0.2) is 0 Å². The van der Waals surface area contributed by atoms with Gasteiger partial charge in [-0.25, -0.2) is 0 Å². The third-order valence-corrected chi connectivity index (χ3v) is 18.3. The summed E-state index contributed by atoms with van der Waals surface area (Å²) in [5.41, 5.74) is 0.213. The van der Waals surface area contributed by atoms with Gasteiger partial charge in [0.05, 0.1) is 39.9 Å². The Morgan fingerprint density at radius 3 is 1.19 bits per heavy atom. The van der Waals surface area contributed by atoms with Gasteiger partial charge in [0, 0.05) is 0 Å². The van der Waals surface area contributed by atoms with Crippen molar-refractivity contribution in [2.45, 2.75) is 152 Å². The SMILES string of the molecule is CCCCCC[Si](C)(C)C1CC1(C)OS(C)(=O)=O.CCCCCC[Si](C)(C)C1CC1(C)OS(C)(=O)=O. The van der Waals surface area contributed by atoms with Gasteiger partial charge in [-0.1, -0.05) is 103 Å². The summed E-state index contributed by atoms with van der Waals surface area (Å²) in [5.74, 6) is 0. The lowest BCUT2D eigenvalue weighted by Gasteiger charge is -2.25. The zero-order chi connectivity index (χ0) is 28.1. The van der Waals surface area contributed by atoms with Crippen molar-refractivity contribution in [3.63, 3.8) is 0 Å². The van der Waals surface area contributed by atoms with E-state index in [-0.39, 0.29) is 0 Å². The molecule has 0 aromatic carbocycles.